The molecule has 0 spiro atoms. The zero-order valence-electron chi connectivity index (χ0n) is 63.7. The van der Waals surface area contributed by atoms with E-state index in [0.717, 1.165) is 74.0 Å². The second-order valence-electron chi connectivity index (χ2n) is 20.4. The van der Waals surface area contributed by atoms with Gasteiger partial charge in [0.15, 0.2) is 34.9 Å². The van der Waals surface area contributed by atoms with E-state index >= 15 is 0 Å². The molecule has 412 valence electrons. The number of para-hydroxylation sites is 2. The quantitative estimate of drug-likeness (QED) is 0.151. The van der Waals surface area contributed by atoms with Gasteiger partial charge < -0.3 is 9.13 Å². The maximum Gasteiger partial charge on any atom is 0.164 e. The lowest BCUT2D eigenvalue weighted by Gasteiger charge is -2.11. The summed E-state index contributed by atoms with van der Waals surface area (Å²) in [4.78, 5) is 27.1. The van der Waals surface area contributed by atoms with Crippen molar-refractivity contribution in [3.05, 3.63) is 291 Å². The van der Waals surface area contributed by atoms with Gasteiger partial charge in [-0.1, -0.05) is 194 Å². The summed E-state index contributed by atoms with van der Waals surface area (Å²) in [5.74, 6) is -0.874. The van der Waals surface area contributed by atoms with E-state index in [9.17, 15) is 11.0 Å². The van der Waals surface area contributed by atoms with E-state index < -0.39 is 119 Å². The summed E-state index contributed by atoms with van der Waals surface area (Å²) in [7, 11) is 0. The van der Waals surface area contributed by atoms with E-state index in [1.54, 1.807) is 27.2 Å². The van der Waals surface area contributed by atoms with Crippen molar-refractivity contribution >= 4 is 107 Å². The summed E-state index contributed by atoms with van der Waals surface area (Å²) in [5, 5.41) is 8.06. The first-order valence-electron chi connectivity index (χ1n) is 36.8. The highest BCUT2D eigenvalue weighted by Crippen LogP contribution is 2.43. The summed E-state index contributed by atoms with van der Waals surface area (Å²) < 4.78 is 166. The molecule has 0 aliphatic carbocycles. The van der Waals surface area contributed by atoms with E-state index in [1.807, 2.05) is 156 Å². The van der Waals surface area contributed by atoms with Gasteiger partial charge in [0.1, 0.15) is 0 Å². The van der Waals surface area contributed by atoms with Crippen LogP contribution in [0.5, 0.6) is 0 Å². The molecular formula is C78H48N8S2. The first-order valence-corrected chi connectivity index (χ1v) is 29.4. The van der Waals surface area contributed by atoms with Crippen molar-refractivity contribution in [3.63, 3.8) is 0 Å². The molecule has 0 saturated heterocycles. The average Bonchev–Trinajstić information content (AvgIpc) is 1.55. The summed E-state index contributed by atoms with van der Waals surface area (Å²) >= 11 is 3.29. The van der Waals surface area contributed by atoms with Crippen molar-refractivity contribution in [1.82, 2.24) is 39.0 Å². The Labute approximate surface area is 538 Å². The molecule has 0 saturated carbocycles. The second kappa shape index (κ2) is 21.3. The van der Waals surface area contributed by atoms with Crippen LogP contribution in [0.4, 0.5) is 0 Å². The normalized spacial score (nSPS) is 14.5. The zero-order chi connectivity index (χ0) is 73.7. The number of rotatable bonds is 8. The molecule has 0 aliphatic rings. The van der Waals surface area contributed by atoms with Crippen LogP contribution in [0, 0.1) is 0 Å². The molecule has 0 radical (unpaired) electrons. The number of hydrogen-bond donors (Lipinski definition) is 0. The molecule has 0 N–H and O–H groups in total. The Morgan fingerprint density at radius 1 is 0.239 bits per heavy atom. The molecule has 18 aromatic rings. The fourth-order valence-electron chi connectivity index (χ4n) is 11.3. The van der Waals surface area contributed by atoms with Gasteiger partial charge in [-0.3, -0.25) is 0 Å². The van der Waals surface area contributed by atoms with Crippen LogP contribution in [0.1, 0.15) is 24.7 Å². The maximum atomic E-state index is 9.39. The topological polar surface area (TPSA) is 87.2 Å². The number of benzene rings is 12. The second-order valence-corrected chi connectivity index (χ2v) is 22.6. The van der Waals surface area contributed by atoms with E-state index in [0.29, 0.717) is 22.7 Å². The standard InChI is InChI=1S/2C39H24N4S/c2*1-3-11-25(12-4-1)37-40-38(26-13-5-2-6-14-26)42-39(41-37)27-19-21-28(22-20-27)43-33-17-9-7-15-29(33)31-23-32-30-16-8-10-18-35(30)44-36(32)24-34(31)43/h2*1-24H/i1D,2D,3D,4D,5D,6D,11D,12D,13D,14D,19D,20D,21D,22D;19D,20D,21D,22D. The van der Waals surface area contributed by atoms with Gasteiger partial charge in [-0.25, -0.2) is 29.9 Å². The van der Waals surface area contributed by atoms with Crippen molar-refractivity contribution < 1.29 is 24.7 Å². The van der Waals surface area contributed by atoms with Crippen LogP contribution in [0.3, 0.4) is 0 Å². The van der Waals surface area contributed by atoms with E-state index in [4.69, 9.17) is 28.7 Å². The Kier molecular flexibility index (Phi) is 8.70. The van der Waals surface area contributed by atoms with Gasteiger partial charge in [0.2, 0.25) is 0 Å². The molecule has 18 rings (SSSR count). The Balaban J connectivity index is 0.000000159. The number of nitrogens with zero attached hydrogens (tertiary/aromatic N) is 8. The fourth-order valence-corrected chi connectivity index (χ4v) is 13.5. The van der Waals surface area contributed by atoms with Crippen LogP contribution in [0.25, 0.3) is 164 Å². The van der Waals surface area contributed by atoms with Crippen LogP contribution in [0.2, 0.25) is 0 Å². The van der Waals surface area contributed by atoms with Crippen molar-refractivity contribution in [2.45, 2.75) is 0 Å². The van der Waals surface area contributed by atoms with Crippen LogP contribution < -0.4 is 0 Å². The van der Waals surface area contributed by atoms with E-state index in [1.165, 1.54) is 10.1 Å². The minimum atomic E-state index is -0.727. The number of aromatic nitrogens is 8. The van der Waals surface area contributed by atoms with Crippen molar-refractivity contribution in [1.29, 1.82) is 0 Å². The SMILES string of the molecule is [2H]c1c([2H])c(-n2c3ccccc3c3cc4c(cc32)sc2ccccc24)c([2H])c([2H])c1-c1nc(-c2ccccc2)nc(-c2ccccc2)n1.[2H]c1c([2H])c([2H])c(-c2nc(-c3c([2H])c([2H])c([2H])c([2H])c3[2H])nc(-c3c([2H])c([2H])c(-n4c5ccccc5c5cc6c(cc54)sc4ccccc46)c([2H])c3[2H])n2)c([2H])c1[2H]. The average molecular weight is 1180 g/mol. The third-order valence-corrected chi connectivity index (χ3v) is 17.5. The summed E-state index contributed by atoms with van der Waals surface area (Å²) in [5.41, 5.74) is 3.03. The van der Waals surface area contributed by atoms with Gasteiger partial charge in [0.25, 0.3) is 0 Å². The molecule has 8 nitrogen and oxygen atoms in total. The van der Waals surface area contributed by atoms with Crippen molar-refractivity contribution in [3.8, 4) is 79.7 Å². The molecule has 6 aromatic heterocycles. The van der Waals surface area contributed by atoms with Crippen molar-refractivity contribution in [2.75, 3.05) is 0 Å². The first kappa shape index (κ1) is 35.9. The minimum absolute atomic E-state index is 0.0261. The third-order valence-electron chi connectivity index (χ3n) is 15.2. The Morgan fingerprint density at radius 2 is 0.557 bits per heavy atom. The lowest BCUT2D eigenvalue weighted by molar-refractivity contribution is 1.07. The largest absolute Gasteiger partial charge is 0.309 e. The van der Waals surface area contributed by atoms with Gasteiger partial charge in [-0.15, -0.1) is 22.7 Å². The van der Waals surface area contributed by atoms with Crippen LogP contribution in [-0.2, 0) is 0 Å². The maximum absolute atomic E-state index is 9.39. The molecule has 0 aliphatic heterocycles. The molecule has 0 amide bonds. The monoisotopic (exact) mass is 1180 g/mol. The minimum Gasteiger partial charge on any atom is -0.309 e. The zero-order valence-corrected chi connectivity index (χ0v) is 47.3. The van der Waals surface area contributed by atoms with Crippen molar-refractivity contribution in [2.24, 2.45) is 0 Å². The highest BCUT2D eigenvalue weighted by Gasteiger charge is 2.20. The molecule has 0 bridgehead atoms. The molecule has 10 heteroatoms. The molecule has 12 aromatic carbocycles. The Hall–Kier alpha value is -11.3. The molecule has 0 atom stereocenters. The molecule has 0 unspecified atom stereocenters. The van der Waals surface area contributed by atoms with Gasteiger partial charge in [-0.05, 0) is 96.9 Å². The van der Waals surface area contributed by atoms with E-state index in [-0.39, 0.29) is 46.9 Å². The van der Waals surface area contributed by atoms with Gasteiger partial charge in [-0.2, -0.15) is 0 Å². The summed E-state index contributed by atoms with van der Waals surface area (Å²) in [6, 6.07) is 48.9. The molecule has 0 fully saturated rings. The third kappa shape index (κ3) is 8.97. The number of hydrogen-bond acceptors (Lipinski definition) is 8. The predicted molar refractivity (Wildman–Crippen MR) is 367 cm³/mol. The Morgan fingerprint density at radius 3 is 0.943 bits per heavy atom. The lowest BCUT2D eigenvalue weighted by atomic mass is 10.1. The predicted octanol–water partition coefficient (Wildman–Crippen LogP) is 20.7. The molecule has 6 heterocycles. The van der Waals surface area contributed by atoms with Crippen LogP contribution >= 0.6 is 22.7 Å². The van der Waals surface area contributed by atoms with Crippen LogP contribution in [-0.4, -0.2) is 39.0 Å². The number of fused-ring (bicyclic) bond motifs is 12. The van der Waals surface area contributed by atoms with Gasteiger partial charge in [0.05, 0.1) is 46.7 Å². The lowest BCUT2D eigenvalue weighted by Crippen LogP contribution is -2.00. The highest BCUT2D eigenvalue weighted by molar-refractivity contribution is 7.26. The van der Waals surface area contributed by atoms with Gasteiger partial charge >= 0.3 is 0 Å². The molecule has 88 heavy (non-hydrogen) atoms. The van der Waals surface area contributed by atoms with E-state index in [2.05, 4.69) is 45.3 Å². The molecular weight excluding hydrogens is 1110 g/mol. The smallest absolute Gasteiger partial charge is 0.164 e. The highest BCUT2D eigenvalue weighted by atomic mass is 32.1. The Bertz CT molecular complexity index is 6580. The van der Waals surface area contributed by atoms with Gasteiger partial charge in [0, 0.05) is 107 Å². The number of thiophene rings is 2. The summed E-state index contributed by atoms with van der Waals surface area (Å²) in [6.45, 7) is 0. The van der Waals surface area contributed by atoms with Crippen LogP contribution in [0.15, 0.2) is 291 Å². The first-order chi connectivity index (χ1) is 51.1. The summed E-state index contributed by atoms with van der Waals surface area (Å²) in [6.07, 6.45) is 0. The fraction of sp³-hybridized carbons (Fsp3) is 0.